The van der Waals surface area contributed by atoms with Crippen LogP contribution in [0.1, 0.15) is 11.1 Å². The molecule has 5 heteroatoms. The molecular formula is C21H18F3NO. The Hall–Kier alpha value is -2.71. The van der Waals surface area contributed by atoms with Crippen LogP contribution in [0.3, 0.4) is 0 Å². The van der Waals surface area contributed by atoms with E-state index in [2.05, 4.69) is 11.8 Å². The zero-order valence-electron chi connectivity index (χ0n) is 14.1. The van der Waals surface area contributed by atoms with Crippen molar-refractivity contribution in [1.29, 1.82) is 0 Å². The highest BCUT2D eigenvalue weighted by atomic mass is 19.4. The van der Waals surface area contributed by atoms with Gasteiger partial charge in [0.2, 0.25) is 0 Å². The van der Waals surface area contributed by atoms with E-state index in [1.54, 1.807) is 42.5 Å². The number of nitrogens with zero attached hydrogens (tertiary/aromatic N) is 1. The van der Waals surface area contributed by atoms with E-state index < -0.39 is 11.9 Å². The summed E-state index contributed by atoms with van der Waals surface area (Å²) in [7, 11) is 0. The molecule has 1 aliphatic rings. The normalized spacial score (nSPS) is 15.7. The Morgan fingerprint density at radius 2 is 1.46 bits per heavy atom. The third kappa shape index (κ3) is 4.47. The average Bonchev–Trinajstić information content (AvgIpc) is 2.66. The molecule has 0 bridgehead atoms. The van der Waals surface area contributed by atoms with Crippen LogP contribution >= 0.6 is 0 Å². The number of hydrogen-bond donors (Lipinski definition) is 0. The standard InChI is InChI=1S/C21H18F3NO/c22-21(23,24)20(25-13-15-26-16-14-25)19(18-9-5-2-6-10-18)12-11-17-7-3-1-4-8-17/h1-10H,13-16H2/b20-19+. The van der Waals surface area contributed by atoms with Crippen LogP contribution in [0.15, 0.2) is 66.4 Å². The molecule has 0 N–H and O–H groups in total. The van der Waals surface area contributed by atoms with Gasteiger partial charge >= 0.3 is 6.18 Å². The summed E-state index contributed by atoms with van der Waals surface area (Å²) in [4.78, 5) is 1.32. The molecule has 3 rings (SSSR count). The molecule has 1 fully saturated rings. The lowest BCUT2D eigenvalue weighted by Crippen LogP contribution is -2.41. The van der Waals surface area contributed by atoms with Gasteiger partial charge in [-0.1, -0.05) is 60.4 Å². The third-order valence-electron chi connectivity index (χ3n) is 4.00. The second kappa shape index (κ2) is 8.11. The van der Waals surface area contributed by atoms with Crippen LogP contribution in [-0.2, 0) is 4.74 Å². The number of ether oxygens (including phenoxy) is 1. The summed E-state index contributed by atoms with van der Waals surface area (Å²) in [6, 6.07) is 17.5. The van der Waals surface area contributed by atoms with Gasteiger partial charge in [0.05, 0.1) is 18.8 Å². The van der Waals surface area contributed by atoms with Crippen LogP contribution in [-0.4, -0.2) is 37.4 Å². The number of alkyl halides is 3. The molecule has 0 amide bonds. The highest BCUT2D eigenvalue weighted by Crippen LogP contribution is 2.35. The Kier molecular flexibility index (Phi) is 5.65. The minimum Gasteiger partial charge on any atom is -0.378 e. The maximum atomic E-state index is 14.0. The van der Waals surface area contributed by atoms with E-state index in [4.69, 9.17) is 4.74 Å². The number of rotatable bonds is 2. The van der Waals surface area contributed by atoms with Crippen molar-refractivity contribution in [3.8, 4) is 11.8 Å². The van der Waals surface area contributed by atoms with Gasteiger partial charge in [0.1, 0.15) is 5.70 Å². The molecule has 0 spiro atoms. The van der Waals surface area contributed by atoms with Crippen LogP contribution in [0.4, 0.5) is 13.2 Å². The van der Waals surface area contributed by atoms with E-state index in [-0.39, 0.29) is 31.9 Å². The molecular weight excluding hydrogens is 339 g/mol. The third-order valence-corrected chi connectivity index (χ3v) is 4.00. The molecule has 0 aromatic heterocycles. The summed E-state index contributed by atoms with van der Waals surface area (Å²) in [5, 5.41) is 0. The van der Waals surface area contributed by atoms with Crippen LogP contribution < -0.4 is 0 Å². The molecule has 2 aromatic rings. The van der Waals surface area contributed by atoms with E-state index in [1.807, 2.05) is 18.2 Å². The van der Waals surface area contributed by atoms with E-state index in [0.717, 1.165) is 0 Å². The van der Waals surface area contributed by atoms with Gasteiger partial charge in [0.25, 0.3) is 0 Å². The minimum atomic E-state index is -4.51. The lowest BCUT2D eigenvalue weighted by Gasteiger charge is -2.33. The van der Waals surface area contributed by atoms with Crippen molar-refractivity contribution in [3.63, 3.8) is 0 Å². The summed E-state index contributed by atoms with van der Waals surface area (Å²) in [5.41, 5.74) is 0.415. The summed E-state index contributed by atoms with van der Waals surface area (Å²) < 4.78 is 47.1. The van der Waals surface area contributed by atoms with Crippen LogP contribution in [0.2, 0.25) is 0 Å². The van der Waals surface area contributed by atoms with Crippen molar-refractivity contribution in [1.82, 2.24) is 4.90 Å². The van der Waals surface area contributed by atoms with Gasteiger partial charge in [-0.3, -0.25) is 0 Å². The SMILES string of the molecule is FC(F)(F)/C(=C(/C#Cc1ccccc1)c1ccccc1)N1CCOCC1. The first-order chi connectivity index (χ1) is 12.6. The van der Waals surface area contributed by atoms with Crippen LogP contribution in [0.25, 0.3) is 5.57 Å². The molecule has 2 nitrogen and oxygen atoms in total. The monoisotopic (exact) mass is 357 g/mol. The molecule has 1 heterocycles. The van der Waals surface area contributed by atoms with Gasteiger partial charge in [0, 0.05) is 18.7 Å². The second-order valence-electron chi connectivity index (χ2n) is 5.80. The highest BCUT2D eigenvalue weighted by molar-refractivity contribution is 5.82. The number of allylic oxidation sites excluding steroid dienone is 2. The number of hydrogen-bond acceptors (Lipinski definition) is 2. The predicted octanol–water partition coefficient (Wildman–Crippen LogP) is 4.34. The van der Waals surface area contributed by atoms with Crippen molar-refractivity contribution in [3.05, 3.63) is 77.5 Å². The van der Waals surface area contributed by atoms with Crippen LogP contribution in [0.5, 0.6) is 0 Å². The summed E-state index contributed by atoms with van der Waals surface area (Å²) in [6.45, 7) is 0.928. The molecule has 0 radical (unpaired) electrons. The Bertz CT molecular complexity index is 811. The summed E-state index contributed by atoms with van der Waals surface area (Å²) in [5.74, 6) is 5.65. The predicted molar refractivity (Wildman–Crippen MR) is 95.1 cm³/mol. The molecule has 0 atom stereocenters. The van der Waals surface area contributed by atoms with Crippen molar-refractivity contribution in [2.45, 2.75) is 6.18 Å². The first-order valence-electron chi connectivity index (χ1n) is 8.32. The van der Waals surface area contributed by atoms with Crippen molar-refractivity contribution >= 4 is 5.57 Å². The molecule has 0 saturated carbocycles. The van der Waals surface area contributed by atoms with Crippen molar-refractivity contribution in [2.75, 3.05) is 26.3 Å². The van der Waals surface area contributed by atoms with Gasteiger partial charge in [-0.05, 0) is 17.7 Å². The highest BCUT2D eigenvalue weighted by Gasteiger charge is 2.40. The van der Waals surface area contributed by atoms with Gasteiger partial charge in [-0.2, -0.15) is 13.2 Å². The van der Waals surface area contributed by atoms with E-state index in [0.29, 0.717) is 11.1 Å². The fourth-order valence-corrected chi connectivity index (χ4v) is 2.80. The van der Waals surface area contributed by atoms with Gasteiger partial charge in [-0.15, -0.1) is 0 Å². The minimum absolute atomic E-state index is 0.0103. The van der Waals surface area contributed by atoms with E-state index in [9.17, 15) is 13.2 Å². The molecule has 2 aromatic carbocycles. The van der Waals surface area contributed by atoms with Crippen molar-refractivity contribution in [2.24, 2.45) is 0 Å². The zero-order chi connectivity index (χ0) is 18.4. The maximum absolute atomic E-state index is 14.0. The van der Waals surface area contributed by atoms with Crippen molar-refractivity contribution < 1.29 is 17.9 Å². The summed E-state index contributed by atoms with van der Waals surface area (Å²) >= 11 is 0. The second-order valence-corrected chi connectivity index (χ2v) is 5.80. The number of morpholine rings is 1. The van der Waals surface area contributed by atoms with Gasteiger partial charge in [-0.25, -0.2) is 0 Å². The van der Waals surface area contributed by atoms with Gasteiger partial charge in [0.15, 0.2) is 0 Å². The van der Waals surface area contributed by atoms with E-state index in [1.165, 1.54) is 4.90 Å². The Labute approximate surface area is 150 Å². The Balaban J connectivity index is 2.15. The molecule has 0 aliphatic carbocycles. The van der Waals surface area contributed by atoms with Gasteiger partial charge < -0.3 is 9.64 Å². The smallest absolute Gasteiger partial charge is 0.378 e. The van der Waals surface area contributed by atoms with Crippen LogP contribution in [0, 0.1) is 11.8 Å². The summed E-state index contributed by atoms with van der Waals surface area (Å²) in [6.07, 6.45) is -4.51. The molecule has 26 heavy (non-hydrogen) atoms. The molecule has 1 saturated heterocycles. The average molecular weight is 357 g/mol. The molecule has 134 valence electrons. The zero-order valence-corrected chi connectivity index (χ0v) is 14.1. The lowest BCUT2D eigenvalue weighted by molar-refractivity contribution is -0.117. The number of benzene rings is 2. The topological polar surface area (TPSA) is 12.5 Å². The van der Waals surface area contributed by atoms with E-state index >= 15 is 0 Å². The Morgan fingerprint density at radius 3 is 2.04 bits per heavy atom. The first-order valence-corrected chi connectivity index (χ1v) is 8.32. The largest absolute Gasteiger partial charge is 0.432 e. The Morgan fingerprint density at radius 1 is 0.885 bits per heavy atom. The first kappa shape index (κ1) is 18.1. The molecule has 1 aliphatic heterocycles. The fraction of sp³-hybridized carbons (Fsp3) is 0.238. The maximum Gasteiger partial charge on any atom is 0.432 e. The fourth-order valence-electron chi connectivity index (χ4n) is 2.80. The quantitative estimate of drug-likeness (QED) is 0.741. The number of halogens is 3. The lowest BCUT2D eigenvalue weighted by atomic mass is 10.0. The molecule has 0 unspecified atom stereocenters.